The Labute approximate surface area is 209 Å². The van der Waals surface area contributed by atoms with Crippen molar-refractivity contribution in [2.24, 2.45) is 5.10 Å². The second-order valence-electron chi connectivity index (χ2n) is 9.18. The predicted molar refractivity (Wildman–Crippen MR) is 142 cm³/mol. The molecule has 1 aromatic heterocycles. The molecule has 3 aromatic carbocycles. The number of nitrogens with zero attached hydrogens (tertiary/aromatic N) is 4. The van der Waals surface area contributed by atoms with Crippen molar-refractivity contribution in [3.63, 3.8) is 0 Å². The zero-order valence-corrected chi connectivity index (χ0v) is 21.1. The lowest BCUT2D eigenvalue weighted by Gasteiger charge is -2.19. The highest BCUT2D eigenvalue weighted by Gasteiger charge is 2.17. The monoisotopic (exact) mass is 487 g/mol. The summed E-state index contributed by atoms with van der Waals surface area (Å²) in [4.78, 5) is 12.4. The van der Waals surface area contributed by atoms with Crippen LogP contribution < -0.4 is 5.43 Å². The lowest BCUT2D eigenvalue weighted by atomic mass is 9.87. The maximum absolute atomic E-state index is 12.4. The van der Waals surface area contributed by atoms with Gasteiger partial charge in [0.05, 0.1) is 12.0 Å². The van der Waals surface area contributed by atoms with Gasteiger partial charge in [-0.2, -0.15) is 5.10 Å². The molecule has 4 aromatic rings. The lowest BCUT2D eigenvalue weighted by Crippen LogP contribution is -2.20. The maximum atomic E-state index is 12.4. The first kappa shape index (κ1) is 24.5. The van der Waals surface area contributed by atoms with Gasteiger partial charge in [0.1, 0.15) is 5.75 Å². The van der Waals surface area contributed by atoms with Gasteiger partial charge in [-0.25, -0.2) is 5.43 Å². The number of aromatic nitrogens is 3. The minimum absolute atomic E-state index is 0.0835. The Morgan fingerprint density at radius 3 is 2.54 bits per heavy atom. The molecule has 0 bridgehead atoms. The number of carbonyl (C=O) groups is 1. The van der Waals surface area contributed by atoms with E-state index in [1.165, 1.54) is 23.5 Å². The van der Waals surface area contributed by atoms with Gasteiger partial charge in [-0.15, -0.1) is 10.2 Å². The van der Waals surface area contributed by atoms with Crippen LogP contribution in [0.3, 0.4) is 0 Å². The molecule has 7 nitrogen and oxygen atoms in total. The van der Waals surface area contributed by atoms with Crippen LogP contribution in [0.15, 0.2) is 70.9 Å². The Balaban J connectivity index is 1.41. The van der Waals surface area contributed by atoms with Gasteiger partial charge in [0.2, 0.25) is 0 Å². The number of amides is 1. The van der Waals surface area contributed by atoms with E-state index in [1.54, 1.807) is 6.07 Å². The van der Waals surface area contributed by atoms with Crippen molar-refractivity contribution < 1.29 is 9.90 Å². The summed E-state index contributed by atoms with van der Waals surface area (Å²) >= 11 is 1.31. The maximum Gasteiger partial charge on any atom is 0.250 e. The van der Waals surface area contributed by atoms with Crippen molar-refractivity contribution >= 4 is 34.7 Å². The number of aromatic hydroxyl groups is 1. The summed E-state index contributed by atoms with van der Waals surface area (Å²) in [5.41, 5.74) is 5.42. The fourth-order valence-electron chi connectivity index (χ4n) is 3.76. The summed E-state index contributed by atoms with van der Waals surface area (Å²) in [7, 11) is 0. The van der Waals surface area contributed by atoms with Gasteiger partial charge in [0.25, 0.3) is 5.91 Å². The summed E-state index contributed by atoms with van der Waals surface area (Å²) in [6.45, 7) is 9.27. The number of phenolic OH excluding ortho intramolecular Hbond substituents is 1. The number of phenols is 1. The number of thioether (sulfide) groups is 1. The van der Waals surface area contributed by atoms with E-state index in [-0.39, 0.29) is 22.8 Å². The van der Waals surface area contributed by atoms with E-state index in [2.05, 4.69) is 65.8 Å². The van der Waals surface area contributed by atoms with E-state index in [0.29, 0.717) is 17.3 Å². The number of fused-ring (bicyclic) bond motifs is 1. The fraction of sp³-hybridized carbons (Fsp3) is 0.259. The highest BCUT2D eigenvalue weighted by atomic mass is 32.2. The minimum atomic E-state index is -0.271. The molecule has 4 rings (SSSR count). The molecular weight excluding hydrogens is 458 g/mol. The van der Waals surface area contributed by atoms with Crippen LogP contribution >= 0.6 is 11.8 Å². The molecule has 0 spiro atoms. The molecule has 0 saturated carbocycles. The number of hydrogen-bond donors (Lipinski definition) is 2. The second kappa shape index (κ2) is 10.3. The highest BCUT2D eigenvalue weighted by Crippen LogP contribution is 2.28. The smallest absolute Gasteiger partial charge is 0.250 e. The van der Waals surface area contributed by atoms with Crippen molar-refractivity contribution in [1.29, 1.82) is 0 Å². The second-order valence-corrected chi connectivity index (χ2v) is 10.1. The summed E-state index contributed by atoms with van der Waals surface area (Å²) in [5, 5.41) is 25.4. The minimum Gasteiger partial charge on any atom is -0.507 e. The molecule has 0 aliphatic carbocycles. The Morgan fingerprint density at radius 1 is 1.09 bits per heavy atom. The molecule has 0 unspecified atom stereocenters. The third-order valence-corrected chi connectivity index (χ3v) is 6.67. The normalized spacial score (nSPS) is 11.9. The average molecular weight is 488 g/mol. The van der Waals surface area contributed by atoms with Gasteiger partial charge in [-0.05, 0) is 34.7 Å². The SMILES string of the molecule is CCn1c(SCC(=O)NN=Cc2c(O)ccc3ccccc23)nnc1-c1ccc(C(C)(C)C)cc1. The van der Waals surface area contributed by atoms with Crippen LogP contribution in [0.4, 0.5) is 0 Å². The van der Waals surface area contributed by atoms with E-state index in [4.69, 9.17) is 0 Å². The van der Waals surface area contributed by atoms with Crippen LogP contribution in [-0.4, -0.2) is 37.7 Å². The summed E-state index contributed by atoms with van der Waals surface area (Å²) in [5.74, 6) is 0.753. The van der Waals surface area contributed by atoms with Crippen LogP contribution in [0.25, 0.3) is 22.2 Å². The molecule has 0 aliphatic heterocycles. The molecule has 0 atom stereocenters. The van der Waals surface area contributed by atoms with Gasteiger partial charge in [-0.1, -0.05) is 87.1 Å². The topological polar surface area (TPSA) is 92.4 Å². The summed E-state index contributed by atoms with van der Waals surface area (Å²) in [6.07, 6.45) is 1.47. The van der Waals surface area contributed by atoms with E-state index in [0.717, 1.165) is 22.2 Å². The van der Waals surface area contributed by atoms with E-state index >= 15 is 0 Å². The molecule has 1 amide bonds. The van der Waals surface area contributed by atoms with Gasteiger partial charge < -0.3 is 9.67 Å². The van der Waals surface area contributed by atoms with Crippen molar-refractivity contribution in [3.8, 4) is 17.1 Å². The fourth-order valence-corrected chi connectivity index (χ4v) is 4.56. The molecule has 180 valence electrons. The molecule has 0 saturated heterocycles. The molecule has 0 fully saturated rings. The molecule has 0 aliphatic rings. The van der Waals surface area contributed by atoms with Crippen molar-refractivity contribution in [1.82, 2.24) is 20.2 Å². The van der Waals surface area contributed by atoms with Crippen molar-refractivity contribution in [2.45, 2.75) is 44.8 Å². The van der Waals surface area contributed by atoms with Crippen LogP contribution in [0.2, 0.25) is 0 Å². The first-order valence-corrected chi connectivity index (χ1v) is 12.5. The number of rotatable bonds is 7. The van der Waals surface area contributed by atoms with Crippen LogP contribution in [0.1, 0.15) is 38.8 Å². The number of nitrogens with one attached hydrogen (secondary N) is 1. The average Bonchev–Trinajstić information content (AvgIpc) is 3.26. The lowest BCUT2D eigenvalue weighted by molar-refractivity contribution is -0.118. The molecule has 0 radical (unpaired) electrons. The molecule has 35 heavy (non-hydrogen) atoms. The summed E-state index contributed by atoms with van der Waals surface area (Å²) < 4.78 is 2.00. The summed E-state index contributed by atoms with van der Waals surface area (Å²) in [6, 6.07) is 19.5. The van der Waals surface area contributed by atoms with E-state index in [1.807, 2.05) is 41.8 Å². The molecular formula is C27H29N5O2S. The van der Waals surface area contributed by atoms with E-state index < -0.39 is 0 Å². The first-order chi connectivity index (χ1) is 16.8. The van der Waals surface area contributed by atoms with Gasteiger partial charge >= 0.3 is 0 Å². The largest absolute Gasteiger partial charge is 0.507 e. The van der Waals surface area contributed by atoms with Crippen molar-refractivity contribution in [2.75, 3.05) is 5.75 Å². The molecule has 1 heterocycles. The van der Waals surface area contributed by atoms with Crippen molar-refractivity contribution in [3.05, 3.63) is 71.8 Å². The molecule has 8 heteroatoms. The van der Waals surface area contributed by atoms with Crippen LogP contribution in [-0.2, 0) is 16.8 Å². The third-order valence-electron chi connectivity index (χ3n) is 5.71. The van der Waals surface area contributed by atoms with E-state index in [9.17, 15) is 9.90 Å². The van der Waals surface area contributed by atoms with Gasteiger partial charge in [0, 0.05) is 17.7 Å². The Kier molecular flexibility index (Phi) is 7.21. The Hall–Kier alpha value is -3.65. The zero-order valence-electron chi connectivity index (χ0n) is 20.3. The quantitative estimate of drug-likeness (QED) is 0.208. The third kappa shape index (κ3) is 5.54. The number of benzene rings is 3. The highest BCUT2D eigenvalue weighted by molar-refractivity contribution is 7.99. The molecule has 2 N–H and O–H groups in total. The van der Waals surface area contributed by atoms with Crippen LogP contribution in [0.5, 0.6) is 5.75 Å². The zero-order chi connectivity index (χ0) is 25.0. The Morgan fingerprint density at radius 2 is 1.83 bits per heavy atom. The number of hydrazone groups is 1. The van der Waals surface area contributed by atoms with Gasteiger partial charge in [0.15, 0.2) is 11.0 Å². The van der Waals surface area contributed by atoms with Crippen LogP contribution in [0, 0.1) is 0 Å². The Bertz CT molecular complexity index is 1370. The predicted octanol–water partition coefficient (Wildman–Crippen LogP) is 5.36. The number of hydrogen-bond acceptors (Lipinski definition) is 6. The standard InChI is InChI=1S/C27H29N5O2S/c1-5-32-25(19-10-13-20(14-11-19)27(2,3)4)30-31-26(32)35-17-24(34)29-28-16-22-21-9-7-6-8-18(21)12-15-23(22)33/h6-16,33H,5,17H2,1-4H3,(H,29,34). The van der Waals surface area contributed by atoms with Gasteiger partial charge in [-0.3, -0.25) is 4.79 Å². The number of carbonyl (C=O) groups excluding carboxylic acids is 1. The first-order valence-electron chi connectivity index (χ1n) is 11.5.